The molecule has 0 unspecified atom stereocenters. The molecule has 0 spiro atoms. The number of rotatable bonds is 1. The molecule has 19 heavy (non-hydrogen) atoms. The van der Waals surface area contributed by atoms with Crippen molar-refractivity contribution >= 4 is 28.1 Å². The lowest BCUT2D eigenvalue weighted by atomic mass is 9.85. The number of nitrogens with two attached hydrogens (primary N) is 1. The van der Waals surface area contributed by atoms with Crippen LogP contribution in [0.5, 0.6) is 0 Å². The Morgan fingerprint density at radius 3 is 2.74 bits per heavy atom. The van der Waals surface area contributed by atoms with E-state index in [0.29, 0.717) is 5.13 Å². The van der Waals surface area contributed by atoms with Gasteiger partial charge in [0.2, 0.25) is 5.91 Å². The zero-order chi connectivity index (χ0) is 13.8. The third-order valence-electron chi connectivity index (χ3n) is 3.69. The number of carbonyl (C=O) groups excluding carboxylic acids is 1. The third-order valence-corrected chi connectivity index (χ3v) is 4.36. The van der Waals surface area contributed by atoms with Gasteiger partial charge in [0, 0.05) is 23.7 Å². The normalized spacial score (nSPS) is 16.8. The van der Waals surface area contributed by atoms with E-state index in [-0.39, 0.29) is 5.91 Å². The molecule has 0 bridgehead atoms. The van der Waals surface area contributed by atoms with Gasteiger partial charge in [-0.05, 0) is 31.5 Å². The summed E-state index contributed by atoms with van der Waals surface area (Å²) in [7, 11) is 1.82. The number of hydrogen-bond acceptors (Lipinski definition) is 4. The summed E-state index contributed by atoms with van der Waals surface area (Å²) in [6, 6.07) is 6.01. The van der Waals surface area contributed by atoms with Crippen molar-refractivity contribution in [2.45, 2.75) is 19.3 Å². The zero-order valence-electron chi connectivity index (χ0n) is 11.1. The third kappa shape index (κ3) is 1.65. The van der Waals surface area contributed by atoms with E-state index < -0.39 is 5.41 Å². The van der Waals surface area contributed by atoms with Gasteiger partial charge in [0.05, 0.1) is 11.1 Å². The molecule has 4 nitrogen and oxygen atoms in total. The van der Waals surface area contributed by atoms with Crippen LogP contribution in [0.3, 0.4) is 0 Å². The van der Waals surface area contributed by atoms with Gasteiger partial charge >= 0.3 is 0 Å². The Morgan fingerprint density at radius 2 is 2.11 bits per heavy atom. The molecule has 0 saturated heterocycles. The van der Waals surface area contributed by atoms with Gasteiger partial charge < -0.3 is 10.6 Å². The first-order valence-electron chi connectivity index (χ1n) is 6.05. The molecule has 5 heteroatoms. The molecule has 1 amide bonds. The minimum Gasteiger partial charge on any atom is -0.375 e. The lowest BCUT2D eigenvalue weighted by Crippen LogP contribution is -2.33. The standard InChI is InChI=1S/C14H15N3OS/c1-14(2)9-6-8(10-7-19-13(15)16-10)4-5-11(9)17(3)12(14)18/h4-7H,1-3H3,(H2,15,16). The van der Waals surface area contributed by atoms with E-state index in [4.69, 9.17) is 5.73 Å². The number of benzene rings is 1. The SMILES string of the molecule is CN1C(=O)C(C)(C)c2cc(-c3csc(N)n3)ccc21. The molecule has 2 N–H and O–H groups in total. The van der Waals surface area contributed by atoms with Gasteiger partial charge in [0.1, 0.15) is 0 Å². The maximum absolute atomic E-state index is 12.2. The second-order valence-electron chi connectivity index (χ2n) is 5.29. The molecule has 1 aliphatic heterocycles. The average Bonchev–Trinajstić information content (AvgIpc) is 2.88. The number of amides is 1. The number of carbonyl (C=O) groups is 1. The van der Waals surface area contributed by atoms with Crippen LogP contribution in [0, 0.1) is 0 Å². The summed E-state index contributed by atoms with van der Waals surface area (Å²) in [4.78, 5) is 18.2. The first kappa shape index (κ1) is 12.2. The van der Waals surface area contributed by atoms with Crippen LogP contribution in [-0.2, 0) is 10.2 Å². The van der Waals surface area contributed by atoms with Crippen LogP contribution in [0.25, 0.3) is 11.3 Å². The summed E-state index contributed by atoms with van der Waals surface area (Å²) in [5, 5.41) is 2.49. The number of anilines is 2. The largest absolute Gasteiger partial charge is 0.375 e. The van der Waals surface area contributed by atoms with Gasteiger partial charge in [0.25, 0.3) is 0 Å². The molecular formula is C14H15N3OS. The Labute approximate surface area is 115 Å². The van der Waals surface area contributed by atoms with Crippen molar-refractivity contribution in [1.29, 1.82) is 0 Å². The number of nitrogen functional groups attached to an aromatic ring is 1. The summed E-state index contributed by atoms with van der Waals surface area (Å²) < 4.78 is 0. The van der Waals surface area contributed by atoms with Crippen LogP contribution in [0.1, 0.15) is 19.4 Å². The predicted octanol–water partition coefficient (Wildman–Crippen LogP) is 2.65. The fourth-order valence-corrected chi connectivity index (χ4v) is 3.12. The monoisotopic (exact) mass is 273 g/mol. The summed E-state index contributed by atoms with van der Waals surface area (Å²) in [5.74, 6) is 0.123. The van der Waals surface area contributed by atoms with Gasteiger partial charge in [-0.1, -0.05) is 6.07 Å². The second-order valence-corrected chi connectivity index (χ2v) is 6.18. The highest BCUT2D eigenvalue weighted by Gasteiger charge is 2.42. The smallest absolute Gasteiger partial charge is 0.236 e. The molecule has 1 aromatic heterocycles. The number of hydrogen-bond donors (Lipinski definition) is 1. The maximum Gasteiger partial charge on any atom is 0.236 e. The second kappa shape index (κ2) is 3.81. The van der Waals surface area contributed by atoms with Crippen LogP contribution < -0.4 is 10.6 Å². The number of fused-ring (bicyclic) bond motifs is 1. The Morgan fingerprint density at radius 1 is 1.37 bits per heavy atom. The Hall–Kier alpha value is -1.88. The van der Waals surface area contributed by atoms with Crippen LogP contribution in [0.4, 0.5) is 10.8 Å². The molecule has 1 aliphatic rings. The highest BCUT2D eigenvalue weighted by atomic mass is 32.1. The summed E-state index contributed by atoms with van der Waals surface area (Å²) in [5.41, 5.74) is 9.07. The van der Waals surface area contributed by atoms with E-state index in [2.05, 4.69) is 4.98 Å². The Kier molecular flexibility index (Phi) is 2.44. The molecule has 0 aliphatic carbocycles. The lowest BCUT2D eigenvalue weighted by molar-refractivity contribution is -0.121. The van der Waals surface area contributed by atoms with Crippen LogP contribution >= 0.6 is 11.3 Å². The fourth-order valence-electron chi connectivity index (χ4n) is 2.55. The van der Waals surface area contributed by atoms with Crippen molar-refractivity contribution in [3.05, 3.63) is 29.1 Å². The van der Waals surface area contributed by atoms with Crippen molar-refractivity contribution in [1.82, 2.24) is 4.98 Å². The van der Waals surface area contributed by atoms with E-state index in [1.165, 1.54) is 11.3 Å². The van der Waals surface area contributed by atoms with Crippen molar-refractivity contribution in [3.63, 3.8) is 0 Å². The van der Waals surface area contributed by atoms with Crippen molar-refractivity contribution in [2.24, 2.45) is 0 Å². The molecule has 0 saturated carbocycles. The minimum atomic E-state index is -0.484. The van der Waals surface area contributed by atoms with Crippen LogP contribution in [0.15, 0.2) is 23.6 Å². The van der Waals surface area contributed by atoms with E-state index in [1.807, 2.05) is 44.5 Å². The quantitative estimate of drug-likeness (QED) is 0.869. The average molecular weight is 273 g/mol. The number of nitrogens with zero attached hydrogens (tertiary/aromatic N) is 2. The fraction of sp³-hybridized carbons (Fsp3) is 0.286. The summed E-state index contributed by atoms with van der Waals surface area (Å²) in [6.07, 6.45) is 0. The minimum absolute atomic E-state index is 0.123. The first-order valence-corrected chi connectivity index (χ1v) is 6.93. The molecule has 98 valence electrons. The van der Waals surface area contributed by atoms with Gasteiger partial charge in [-0.15, -0.1) is 11.3 Å². The molecule has 0 radical (unpaired) electrons. The molecule has 3 rings (SSSR count). The highest BCUT2D eigenvalue weighted by Crippen LogP contribution is 2.42. The van der Waals surface area contributed by atoms with Crippen LogP contribution in [0.2, 0.25) is 0 Å². The van der Waals surface area contributed by atoms with Crippen molar-refractivity contribution in [3.8, 4) is 11.3 Å². The maximum atomic E-state index is 12.2. The first-order chi connectivity index (χ1) is 8.91. The van der Waals surface area contributed by atoms with E-state index in [0.717, 1.165) is 22.5 Å². The topological polar surface area (TPSA) is 59.2 Å². The van der Waals surface area contributed by atoms with Crippen molar-refractivity contribution < 1.29 is 4.79 Å². The number of aromatic nitrogens is 1. The van der Waals surface area contributed by atoms with Crippen molar-refractivity contribution in [2.75, 3.05) is 17.7 Å². The van der Waals surface area contributed by atoms with E-state index in [1.54, 1.807) is 4.90 Å². The zero-order valence-corrected chi connectivity index (χ0v) is 11.9. The molecule has 2 aromatic rings. The molecular weight excluding hydrogens is 258 g/mol. The molecule has 0 atom stereocenters. The van der Waals surface area contributed by atoms with Gasteiger partial charge in [-0.2, -0.15) is 0 Å². The van der Waals surface area contributed by atoms with Gasteiger partial charge in [0.15, 0.2) is 5.13 Å². The summed E-state index contributed by atoms with van der Waals surface area (Å²) >= 11 is 1.42. The number of likely N-dealkylation sites (N-methyl/N-ethyl adjacent to an activating group) is 1. The lowest BCUT2D eigenvalue weighted by Gasteiger charge is -2.16. The highest BCUT2D eigenvalue weighted by molar-refractivity contribution is 7.13. The predicted molar refractivity (Wildman–Crippen MR) is 78.4 cm³/mol. The van der Waals surface area contributed by atoms with E-state index >= 15 is 0 Å². The molecule has 1 aromatic carbocycles. The van der Waals surface area contributed by atoms with Gasteiger partial charge in [-0.3, -0.25) is 4.79 Å². The summed E-state index contributed by atoms with van der Waals surface area (Å²) in [6.45, 7) is 3.91. The molecule has 2 heterocycles. The van der Waals surface area contributed by atoms with E-state index in [9.17, 15) is 4.79 Å². The molecule has 0 fully saturated rings. The Balaban J connectivity index is 2.16. The van der Waals surface area contributed by atoms with Crippen LogP contribution in [-0.4, -0.2) is 17.9 Å². The Bertz CT molecular complexity index is 675. The number of thiazole rings is 1. The van der Waals surface area contributed by atoms with Gasteiger partial charge in [-0.25, -0.2) is 4.98 Å².